The van der Waals surface area contributed by atoms with Crippen LogP contribution in [0, 0.1) is 5.92 Å². The van der Waals surface area contributed by atoms with Crippen LogP contribution in [0.5, 0.6) is 0 Å². The molecule has 1 saturated heterocycles. The van der Waals surface area contributed by atoms with Crippen molar-refractivity contribution >= 4 is 5.91 Å². The van der Waals surface area contributed by atoms with Crippen LogP contribution in [0.4, 0.5) is 0 Å². The summed E-state index contributed by atoms with van der Waals surface area (Å²) in [7, 11) is 0. The van der Waals surface area contributed by atoms with E-state index in [4.69, 9.17) is 0 Å². The Bertz CT molecular complexity index is 295. The molecule has 110 valence electrons. The Balaban J connectivity index is 2.11. The molecule has 1 N–H and O–H groups in total. The molecule has 1 heterocycles. The van der Waals surface area contributed by atoms with Crippen molar-refractivity contribution in [2.45, 2.75) is 90.4 Å². The van der Waals surface area contributed by atoms with Crippen LogP contribution in [-0.4, -0.2) is 29.1 Å². The molecule has 0 bridgehead atoms. The zero-order chi connectivity index (χ0) is 13.8. The summed E-state index contributed by atoms with van der Waals surface area (Å²) in [5.41, 5.74) is 0. The van der Waals surface area contributed by atoms with Gasteiger partial charge in [-0.25, -0.2) is 0 Å². The van der Waals surface area contributed by atoms with Crippen LogP contribution in [0.3, 0.4) is 0 Å². The van der Waals surface area contributed by atoms with Crippen LogP contribution in [0.2, 0.25) is 0 Å². The van der Waals surface area contributed by atoms with E-state index in [1.165, 1.54) is 38.5 Å². The molecule has 2 aliphatic rings. The molecule has 19 heavy (non-hydrogen) atoms. The number of rotatable bonds is 4. The van der Waals surface area contributed by atoms with Crippen molar-refractivity contribution in [3.05, 3.63) is 0 Å². The number of amides is 1. The molecule has 0 aromatic heterocycles. The first-order valence-electron chi connectivity index (χ1n) is 8.23. The molecule has 3 heteroatoms. The van der Waals surface area contributed by atoms with E-state index in [1.54, 1.807) is 0 Å². The topological polar surface area (TPSA) is 32.3 Å². The Morgan fingerprint density at radius 1 is 1.21 bits per heavy atom. The van der Waals surface area contributed by atoms with Gasteiger partial charge in [0.15, 0.2) is 0 Å². The predicted octanol–water partition coefficient (Wildman–Crippen LogP) is 3.29. The van der Waals surface area contributed by atoms with Gasteiger partial charge in [-0.05, 0) is 25.2 Å². The molecular formula is C16H30N2O. The summed E-state index contributed by atoms with van der Waals surface area (Å²) in [5.74, 6) is 0.753. The fraction of sp³-hybridized carbons (Fsp3) is 0.938. The van der Waals surface area contributed by atoms with E-state index in [-0.39, 0.29) is 12.2 Å². The van der Waals surface area contributed by atoms with Gasteiger partial charge in [-0.1, -0.05) is 52.9 Å². The zero-order valence-electron chi connectivity index (χ0n) is 12.8. The van der Waals surface area contributed by atoms with E-state index >= 15 is 0 Å². The van der Waals surface area contributed by atoms with Gasteiger partial charge in [0.2, 0.25) is 5.91 Å². The molecule has 2 rings (SSSR count). The van der Waals surface area contributed by atoms with Crippen LogP contribution in [0.1, 0.15) is 72.1 Å². The first-order valence-corrected chi connectivity index (χ1v) is 8.23. The number of nitrogens with zero attached hydrogens (tertiary/aromatic N) is 1. The average Bonchev–Trinajstić information content (AvgIpc) is 2.56. The van der Waals surface area contributed by atoms with Gasteiger partial charge in [0.25, 0.3) is 0 Å². The van der Waals surface area contributed by atoms with Gasteiger partial charge in [-0.3, -0.25) is 10.1 Å². The van der Waals surface area contributed by atoms with E-state index < -0.39 is 0 Å². The molecule has 2 fully saturated rings. The molecule has 0 aromatic rings. The summed E-state index contributed by atoms with van der Waals surface area (Å²) in [6.07, 6.45) is 10.2. The largest absolute Gasteiger partial charge is 0.323 e. The average molecular weight is 266 g/mol. The van der Waals surface area contributed by atoms with Crippen LogP contribution in [-0.2, 0) is 4.79 Å². The summed E-state index contributed by atoms with van der Waals surface area (Å²) >= 11 is 0. The molecule has 0 radical (unpaired) electrons. The maximum atomic E-state index is 12.7. The van der Waals surface area contributed by atoms with Crippen LogP contribution in [0.25, 0.3) is 0 Å². The SMILES string of the molecule is CCCC1NC(C(C)C)C(=O)N1C1CCCCCC1. The van der Waals surface area contributed by atoms with Gasteiger partial charge >= 0.3 is 0 Å². The van der Waals surface area contributed by atoms with Gasteiger partial charge in [0.1, 0.15) is 0 Å². The third kappa shape index (κ3) is 3.31. The van der Waals surface area contributed by atoms with E-state index in [2.05, 4.69) is 31.0 Å². The second-order valence-electron chi connectivity index (χ2n) is 6.58. The van der Waals surface area contributed by atoms with Crippen molar-refractivity contribution < 1.29 is 4.79 Å². The lowest BCUT2D eigenvalue weighted by molar-refractivity contribution is -0.133. The predicted molar refractivity (Wildman–Crippen MR) is 78.8 cm³/mol. The summed E-state index contributed by atoms with van der Waals surface area (Å²) in [4.78, 5) is 14.9. The number of carbonyl (C=O) groups is 1. The third-order valence-corrected chi connectivity index (χ3v) is 4.68. The molecule has 1 aliphatic carbocycles. The summed E-state index contributed by atoms with van der Waals surface area (Å²) in [6.45, 7) is 6.50. The number of hydrogen-bond donors (Lipinski definition) is 1. The second-order valence-corrected chi connectivity index (χ2v) is 6.58. The van der Waals surface area contributed by atoms with Crippen molar-refractivity contribution in [2.24, 2.45) is 5.92 Å². The highest BCUT2D eigenvalue weighted by Gasteiger charge is 2.42. The molecule has 2 atom stereocenters. The molecule has 0 aromatic carbocycles. The Labute approximate surface area is 118 Å². The van der Waals surface area contributed by atoms with Crippen LogP contribution in [0.15, 0.2) is 0 Å². The first kappa shape index (κ1) is 14.8. The summed E-state index contributed by atoms with van der Waals surface area (Å²) in [5, 5.41) is 3.59. The lowest BCUT2D eigenvalue weighted by Gasteiger charge is -2.32. The number of carbonyl (C=O) groups excluding carboxylic acids is 1. The molecule has 3 nitrogen and oxygen atoms in total. The van der Waals surface area contributed by atoms with Crippen molar-refractivity contribution in [1.82, 2.24) is 10.2 Å². The molecule has 0 spiro atoms. The smallest absolute Gasteiger partial charge is 0.241 e. The van der Waals surface area contributed by atoms with Crippen molar-refractivity contribution in [1.29, 1.82) is 0 Å². The monoisotopic (exact) mass is 266 g/mol. The number of hydrogen-bond acceptors (Lipinski definition) is 2. The van der Waals surface area contributed by atoms with Crippen molar-refractivity contribution in [2.75, 3.05) is 0 Å². The molecule has 1 saturated carbocycles. The van der Waals surface area contributed by atoms with Gasteiger partial charge in [0, 0.05) is 6.04 Å². The first-order chi connectivity index (χ1) is 9.15. The zero-order valence-corrected chi connectivity index (χ0v) is 12.8. The van der Waals surface area contributed by atoms with Gasteiger partial charge in [-0.15, -0.1) is 0 Å². The fourth-order valence-electron chi connectivity index (χ4n) is 3.62. The van der Waals surface area contributed by atoms with Crippen LogP contribution >= 0.6 is 0 Å². The van der Waals surface area contributed by atoms with Gasteiger partial charge < -0.3 is 4.90 Å². The van der Waals surface area contributed by atoms with Crippen LogP contribution < -0.4 is 5.32 Å². The van der Waals surface area contributed by atoms with Crippen molar-refractivity contribution in [3.63, 3.8) is 0 Å². The molecular weight excluding hydrogens is 236 g/mol. The Kier molecular flexibility index (Phi) is 5.26. The Morgan fingerprint density at radius 2 is 1.84 bits per heavy atom. The Morgan fingerprint density at radius 3 is 2.37 bits per heavy atom. The minimum absolute atomic E-state index is 0.0415. The third-order valence-electron chi connectivity index (χ3n) is 4.68. The maximum Gasteiger partial charge on any atom is 0.241 e. The lowest BCUT2D eigenvalue weighted by atomic mass is 10.0. The summed E-state index contributed by atoms with van der Waals surface area (Å²) in [6, 6.07) is 0.530. The second kappa shape index (κ2) is 6.74. The minimum atomic E-state index is 0.0415. The van der Waals surface area contributed by atoms with Gasteiger partial charge in [0.05, 0.1) is 12.2 Å². The highest BCUT2D eigenvalue weighted by Crippen LogP contribution is 2.29. The number of nitrogens with one attached hydrogen (secondary N) is 1. The van der Waals surface area contributed by atoms with Gasteiger partial charge in [-0.2, -0.15) is 0 Å². The van der Waals surface area contributed by atoms with E-state index in [1.807, 2.05) is 0 Å². The van der Waals surface area contributed by atoms with E-state index in [9.17, 15) is 4.79 Å². The standard InChI is InChI=1S/C16H30N2O/c1-4-9-14-17-15(12(2)3)16(19)18(14)13-10-7-5-6-8-11-13/h12-15,17H,4-11H2,1-3H3. The lowest BCUT2D eigenvalue weighted by Crippen LogP contribution is -2.44. The quantitative estimate of drug-likeness (QED) is 0.792. The molecule has 1 amide bonds. The normalized spacial score (nSPS) is 30.1. The highest BCUT2D eigenvalue weighted by molar-refractivity contribution is 5.85. The van der Waals surface area contributed by atoms with E-state index in [0.29, 0.717) is 17.9 Å². The Hall–Kier alpha value is -0.570. The molecule has 1 aliphatic heterocycles. The minimum Gasteiger partial charge on any atom is -0.323 e. The summed E-state index contributed by atoms with van der Waals surface area (Å²) < 4.78 is 0. The fourth-order valence-corrected chi connectivity index (χ4v) is 3.62. The van der Waals surface area contributed by atoms with Crippen molar-refractivity contribution in [3.8, 4) is 0 Å². The maximum absolute atomic E-state index is 12.7. The molecule has 2 unspecified atom stereocenters. The highest BCUT2D eigenvalue weighted by atomic mass is 16.2. The van der Waals surface area contributed by atoms with E-state index in [0.717, 1.165) is 12.8 Å².